The van der Waals surface area contributed by atoms with E-state index in [1.807, 2.05) is 18.2 Å². The van der Waals surface area contributed by atoms with Gasteiger partial charge in [0.15, 0.2) is 11.5 Å². The van der Waals surface area contributed by atoms with Gasteiger partial charge in [-0.2, -0.15) is 4.98 Å². The summed E-state index contributed by atoms with van der Waals surface area (Å²) in [5.41, 5.74) is 6.49. The van der Waals surface area contributed by atoms with E-state index in [0.717, 1.165) is 11.3 Å². The average Bonchev–Trinajstić information content (AvgIpc) is 2.88. The van der Waals surface area contributed by atoms with Crippen LogP contribution in [0, 0.1) is 0 Å². The summed E-state index contributed by atoms with van der Waals surface area (Å²) in [6.07, 6.45) is 0. The predicted octanol–water partition coefficient (Wildman–Crippen LogP) is 1.53. The van der Waals surface area contributed by atoms with Gasteiger partial charge in [-0.3, -0.25) is 0 Å². The minimum atomic E-state index is -0.275. The molecule has 0 saturated heterocycles. The van der Waals surface area contributed by atoms with Crippen molar-refractivity contribution in [1.82, 2.24) is 10.1 Å². The van der Waals surface area contributed by atoms with Crippen molar-refractivity contribution in [3.8, 4) is 22.9 Å². The fourth-order valence-electron chi connectivity index (χ4n) is 1.72. The van der Waals surface area contributed by atoms with Crippen LogP contribution in [0.3, 0.4) is 0 Å². The molecule has 0 fully saturated rings. The third kappa shape index (κ3) is 1.91. The van der Waals surface area contributed by atoms with Crippen LogP contribution in [0.1, 0.15) is 18.9 Å². The van der Waals surface area contributed by atoms with Crippen molar-refractivity contribution >= 4 is 0 Å². The molecule has 2 N–H and O–H groups in total. The van der Waals surface area contributed by atoms with Crippen LogP contribution < -0.4 is 15.2 Å². The van der Waals surface area contributed by atoms with E-state index in [1.54, 1.807) is 6.92 Å². The number of aromatic nitrogens is 2. The normalized spacial score (nSPS) is 15.4. The summed E-state index contributed by atoms with van der Waals surface area (Å²) in [5.74, 6) is 2.35. The van der Waals surface area contributed by atoms with E-state index in [0.29, 0.717) is 30.7 Å². The van der Waals surface area contributed by atoms with Gasteiger partial charge < -0.3 is 19.7 Å². The number of hydrogen-bond donors (Lipinski definition) is 1. The summed E-state index contributed by atoms with van der Waals surface area (Å²) in [6, 6.07) is 5.27. The zero-order chi connectivity index (χ0) is 12.5. The van der Waals surface area contributed by atoms with Crippen LogP contribution in [0.25, 0.3) is 11.4 Å². The zero-order valence-corrected chi connectivity index (χ0v) is 9.92. The lowest BCUT2D eigenvalue weighted by Crippen LogP contribution is -2.15. The first-order valence-corrected chi connectivity index (χ1v) is 5.73. The fourth-order valence-corrected chi connectivity index (χ4v) is 1.72. The van der Waals surface area contributed by atoms with E-state index in [1.165, 1.54) is 0 Å². The SMILES string of the molecule is CC(N)c1nc(-c2ccc3c(c2)OCCO3)no1. The molecule has 1 aliphatic rings. The summed E-state index contributed by atoms with van der Waals surface area (Å²) >= 11 is 0. The monoisotopic (exact) mass is 247 g/mol. The Labute approximate surface area is 104 Å². The molecular weight excluding hydrogens is 234 g/mol. The van der Waals surface area contributed by atoms with Gasteiger partial charge in [-0.15, -0.1) is 0 Å². The molecule has 1 aromatic carbocycles. The third-order valence-electron chi connectivity index (χ3n) is 2.63. The molecule has 0 radical (unpaired) electrons. The van der Waals surface area contributed by atoms with Crippen molar-refractivity contribution in [2.45, 2.75) is 13.0 Å². The Hall–Kier alpha value is -2.08. The van der Waals surface area contributed by atoms with Crippen molar-refractivity contribution in [1.29, 1.82) is 0 Å². The summed E-state index contributed by atoms with van der Waals surface area (Å²) in [5, 5.41) is 3.89. The number of nitrogens with zero attached hydrogens (tertiary/aromatic N) is 2. The summed E-state index contributed by atoms with van der Waals surface area (Å²) < 4.78 is 16.0. The molecule has 1 aliphatic heterocycles. The maximum atomic E-state index is 5.68. The highest BCUT2D eigenvalue weighted by atomic mass is 16.6. The van der Waals surface area contributed by atoms with Crippen molar-refractivity contribution in [3.05, 3.63) is 24.1 Å². The zero-order valence-electron chi connectivity index (χ0n) is 9.92. The molecule has 3 rings (SSSR count). The molecule has 1 unspecified atom stereocenters. The second-order valence-electron chi connectivity index (χ2n) is 4.10. The largest absolute Gasteiger partial charge is 0.486 e. The van der Waals surface area contributed by atoms with Crippen LogP contribution in [-0.4, -0.2) is 23.4 Å². The second-order valence-corrected chi connectivity index (χ2v) is 4.10. The Balaban J connectivity index is 1.95. The topological polar surface area (TPSA) is 83.4 Å². The number of fused-ring (bicyclic) bond motifs is 1. The van der Waals surface area contributed by atoms with Crippen LogP contribution >= 0.6 is 0 Å². The van der Waals surface area contributed by atoms with Gasteiger partial charge in [0.25, 0.3) is 0 Å². The molecule has 1 aromatic heterocycles. The van der Waals surface area contributed by atoms with Crippen molar-refractivity contribution in [2.24, 2.45) is 5.73 Å². The predicted molar refractivity (Wildman–Crippen MR) is 63.3 cm³/mol. The molecular formula is C12H13N3O3. The van der Waals surface area contributed by atoms with Gasteiger partial charge in [0.05, 0.1) is 6.04 Å². The Kier molecular flexibility index (Phi) is 2.64. The standard InChI is InChI=1S/C12H13N3O3/c1-7(13)12-14-11(15-18-12)8-2-3-9-10(6-8)17-5-4-16-9/h2-3,6-7H,4-5,13H2,1H3. The van der Waals surface area contributed by atoms with E-state index in [-0.39, 0.29) is 6.04 Å². The van der Waals surface area contributed by atoms with E-state index >= 15 is 0 Å². The van der Waals surface area contributed by atoms with Crippen LogP contribution in [0.4, 0.5) is 0 Å². The molecule has 0 amide bonds. The van der Waals surface area contributed by atoms with Crippen LogP contribution in [-0.2, 0) is 0 Å². The summed E-state index contributed by atoms with van der Waals surface area (Å²) in [4.78, 5) is 4.23. The highest BCUT2D eigenvalue weighted by Gasteiger charge is 2.16. The van der Waals surface area contributed by atoms with Gasteiger partial charge >= 0.3 is 0 Å². The van der Waals surface area contributed by atoms with Crippen molar-refractivity contribution in [3.63, 3.8) is 0 Å². The molecule has 18 heavy (non-hydrogen) atoms. The number of rotatable bonds is 2. The van der Waals surface area contributed by atoms with Crippen LogP contribution in [0.15, 0.2) is 22.7 Å². The Bertz CT molecular complexity index is 565. The Morgan fingerprint density at radius 2 is 2.00 bits per heavy atom. The van der Waals surface area contributed by atoms with E-state index in [9.17, 15) is 0 Å². The Morgan fingerprint density at radius 3 is 2.72 bits per heavy atom. The smallest absolute Gasteiger partial charge is 0.243 e. The van der Waals surface area contributed by atoms with Crippen molar-refractivity contribution < 1.29 is 14.0 Å². The van der Waals surface area contributed by atoms with E-state index in [2.05, 4.69) is 10.1 Å². The van der Waals surface area contributed by atoms with Crippen LogP contribution in [0.5, 0.6) is 11.5 Å². The second kappa shape index (κ2) is 4.30. The lowest BCUT2D eigenvalue weighted by molar-refractivity contribution is 0.171. The minimum Gasteiger partial charge on any atom is -0.486 e. The fraction of sp³-hybridized carbons (Fsp3) is 0.333. The molecule has 0 aliphatic carbocycles. The molecule has 0 saturated carbocycles. The summed E-state index contributed by atoms with van der Waals surface area (Å²) in [6.45, 7) is 2.91. The molecule has 6 heteroatoms. The molecule has 94 valence electrons. The van der Waals surface area contributed by atoms with Gasteiger partial charge in [-0.1, -0.05) is 5.16 Å². The lowest BCUT2D eigenvalue weighted by Gasteiger charge is -2.18. The maximum Gasteiger partial charge on any atom is 0.243 e. The highest BCUT2D eigenvalue weighted by Crippen LogP contribution is 2.33. The van der Waals surface area contributed by atoms with Gasteiger partial charge in [-0.05, 0) is 25.1 Å². The average molecular weight is 247 g/mol. The van der Waals surface area contributed by atoms with Gasteiger partial charge in [0.2, 0.25) is 11.7 Å². The van der Waals surface area contributed by atoms with Gasteiger partial charge in [-0.25, -0.2) is 0 Å². The molecule has 0 bridgehead atoms. The molecule has 1 atom stereocenters. The molecule has 2 heterocycles. The van der Waals surface area contributed by atoms with Gasteiger partial charge in [0, 0.05) is 5.56 Å². The molecule has 2 aromatic rings. The first-order valence-electron chi connectivity index (χ1n) is 5.73. The van der Waals surface area contributed by atoms with E-state index < -0.39 is 0 Å². The van der Waals surface area contributed by atoms with Crippen molar-refractivity contribution in [2.75, 3.05) is 13.2 Å². The number of ether oxygens (including phenoxy) is 2. The first-order chi connectivity index (χ1) is 8.74. The quantitative estimate of drug-likeness (QED) is 0.866. The number of nitrogens with two attached hydrogens (primary N) is 1. The Morgan fingerprint density at radius 1 is 1.22 bits per heavy atom. The third-order valence-corrected chi connectivity index (χ3v) is 2.63. The highest BCUT2D eigenvalue weighted by molar-refractivity contribution is 5.60. The maximum absolute atomic E-state index is 5.68. The van der Waals surface area contributed by atoms with E-state index in [4.69, 9.17) is 19.7 Å². The summed E-state index contributed by atoms with van der Waals surface area (Å²) in [7, 11) is 0. The lowest BCUT2D eigenvalue weighted by atomic mass is 10.2. The first kappa shape index (κ1) is 11.0. The minimum absolute atomic E-state index is 0.275. The van der Waals surface area contributed by atoms with Gasteiger partial charge in [0.1, 0.15) is 13.2 Å². The van der Waals surface area contributed by atoms with Crippen LogP contribution in [0.2, 0.25) is 0 Å². The number of hydrogen-bond acceptors (Lipinski definition) is 6. The number of benzene rings is 1. The molecule has 0 spiro atoms. The molecule has 6 nitrogen and oxygen atoms in total.